The maximum absolute atomic E-state index is 12.6. The predicted octanol–water partition coefficient (Wildman–Crippen LogP) is 4.56. The highest BCUT2D eigenvalue weighted by molar-refractivity contribution is 6.30. The number of carbonyl (C=O) groups is 2. The molecule has 0 saturated carbocycles. The van der Waals surface area contributed by atoms with Crippen molar-refractivity contribution in [1.29, 1.82) is 0 Å². The molecule has 0 aromatic heterocycles. The van der Waals surface area contributed by atoms with E-state index in [4.69, 9.17) is 11.6 Å². The van der Waals surface area contributed by atoms with Crippen LogP contribution in [0, 0.1) is 0 Å². The van der Waals surface area contributed by atoms with Crippen molar-refractivity contribution in [3.05, 3.63) is 101 Å². The molecule has 154 valence electrons. The minimum Gasteiger partial charge on any atom is -0.376 e. The number of nitrogens with one attached hydrogen (secondary N) is 3. The van der Waals surface area contributed by atoms with E-state index in [1.54, 1.807) is 30.3 Å². The Bertz CT molecular complexity index is 991. The zero-order valence-corrected chi connectivity index (χ0v) is 17.4. The summed E-state index contributed by atoms with van der Waals surface area (Å²) in [5.41, 5.74) is 3.09. The fourth-order valence-electron chi connectivity index (χ4n) is 3.01. The fraction of sp³-hybridized carbons (Fsp3) is 0.167. The number of amides is 2. The van der Waals surface area contributed by atoms with Crippen LogP contribution in [0.3, 0.4) is 0 Å². The second kappa shape index (κ2) is 10.5. The van der Waals surface area contributed by atoms with Crippen molar-refractivity contribution in [3.63, 3.8) is 0 Å². The summed E-state index contributed by atoms with van der Waals surface area (Å²) in [5.74, 6) is -0.367. The maximum Gasteiger partial charge on any atom is 0.253 e. The van der Waals surface area contributed by atoms with Crippen LogP contribution in [-0.4, -0.2) is 18.4 Å². The SMILES string of the molecule is CC(NC(=O)CNc1ccccc1C(=O)NCc1ccccc1)c1ccc(Cl)cc1. The molecule has 30 heavy (non-hydrogen) atoms. The molecule has 0 aliphatic heterocycles. The van der Waals surface area contributed by atoms with Crippen molar-refractivity contribution in [2.75, 3.05) is 11.9 Å². The monoisotopic (exact) mass is 421 g/mol. The molecular weight excluding hydrogens is 398 g/mol. The highest BCUT2D eigenvalue weighted by Crippen LogP contribution is 2.17. The normalized spacial score (nSPS) is 11.4. The van der Waals surface area contributed by atoms with E-state index in [2.05, 4.69) is 16.0 Å². The van der Waals surface area contributed by atoms with Gasteiger partial charge in [-0.1, -0.05) is 66.2 Å². The Kier molecular flexibility index (Phi) is 7.46. The first kappa shape index (κ1) is 21.4. The van der Waals surface area contributed by atoms with Crippen molar-refractivity contribution in [2.24, 2.45) is 0 Å². The van der Waals surface area contributed by atoms with Crippen LogP contribution in [0.5, 0.6) is 0 Å². The van der Waals surface area contributed by atoms with E-state index >= 15 is 0 Å². The number of carbonyl (C=O) groups excluding carboxylic acids is 2. The molecule has 3 rings (SSSR count). The van der Waals surface area contributed by atoms with Gasteiger partial charge in [0.05, 0.1) is 18.2 Å². The molecule has 6 heteroatoms. The van der Waals surface area contributed by atoms with Gasteiger partial charge in [-0.2, -0.15) is 0 Å². The van der Waals surface area contributed by atoms with E-state index in [1.165, 1.54) is 0 Å². The zero-order valence-electron chi connectivity index (χ0n) is 16.7. The summed E-state index contributed by atoms with van der Waals surface area (Å²) in [6, 6.07) is 24.0. The Morgan fingerprint density at radius 1 is 0.900 bits per heavy atom. The lowest BCUT2D eigenvalue weighted by Crippen LogP contribution is -2.32. The molecule has 0 radical (unpaired) electrons. The summed E-state index contributed by atoms with van der Waals surface area (Å²) in [6.07, 6.45) is 0. The Hall–Kier alpha value is -3.31. The van der Waals surface area contributed by atoms with E-state index in [0.717, 1.165) is 11.1 Å². The van der Waals surface area contributed by atoms with Crippen LogP contribution in [0.25, 0.3) is 0 Å². The van der Waals surface area contributed by atoms with Crippen LogP contribution in [-0.2, 0) is 11.3 Å². The predicted molar refractivity (Wildman–Crippen MR) is 121 cm³/mol. The molecule has 0 spiro atoms. The lowest BCUT2D eigenvalue weighted by molar-refractivity contribution is -0.120. The van der Waals surface area contributed by atoms with Gasteiger partial charge < -0.3 is 16.0 Å². The highest BCUT2D eigenvalue weighted by Gasteiger charge is 2.13. The van der Waals surface area contributed by atoms with E-state index in [1.807, 2.05) is 55.5 Å². The Morgan fingerprint density at radius 3 is 2.30 bits per heavy atom. The van der Waals surface area contributed by atoms with Crippen molar-refractivity contribution < 1.29 is 9.59 Å². The lowest BCUT2D eigenvalue weighted by atomic mass is 10.1. The van der Waals surface area contributed by atoms with E-state index in [0.29, 0.717) is 22.8 Å². The molecule has 0 fully saturated rings. The van der Waals surface area contributed by atoms with Gasteiger partial charge in [0.25, 0.3) is 5.91 Å². The van der Waals surface area contributed by atoms with E-state index in [9.17, 15) is 9.59 Å². The number of benzene rings is 3. The number of halogens is 1. The summed E-state index contributed by atoms with van der Waals surface area (Å²) in [6.45, 7) is 2.40. The summed E-state index contributed by atoms with van der Waals surface area (Å²) in [7, 11) is 0. The van der Waals surface area contributed by atoms with Gasteiger partial charge in [-0.25, -0.2) is 0 Å². The van der Waals surface area contributed by atoms with Crippen molar-refractivity contribution >= 4 is 29.1 Å². The summed E-state index contributed by atoms with van der Waals surface area (Å²) >= 11 is 5.91. The molecule has 5 nitrogen and oxygen atoms in total. The first-order valence-corrected chi connectivity index (χ1v) is 10.1. The van der Waals surface area contributed by atoms with Crippen molar-refractivity contribution in [1.82, 2.24) is 10.6 Å². The average Bonchev–Trinajstić information content (AvgIpc) is 2.77. The zero-order chi connectivity index (χ0) is 21.3. The molecule has 2 amide bonds. The Balaban J connectivity index is 1.55. The number of hydrogen-bond acceptors (Lipinski definition) is 3. The number of hydrogen-bond donors (Lipinski definition) is 3. The number of anilines is 1. The largest absolute Gasteiger partial charge is 0.376 e. The van der Waals surface area contributed by atoms with Gasteiger partial charge >= 0.3 is 0 Å². The minimum absolute atomic E-state index is 0.0565. The molecule has 1 unspecified atom stereocenters. The molecule has 3 aromatic carbocycles. The molecule has 0 heterocycles. The van der Waals surface area contributed by atoms with Crippen molar-refractivity contribution in [3.8, 4) is 0 Å². The van der Waals surface area contributed by atoms with Crippen LogP contribution < -0.4 is 16.0 Å². The standard InChI is InChI=1S/C24H24ClN3O2/c1-17(19-11-13-20(25)14-12-19)28-23(29)16-26-22-10-6-5-9-21(22)24(30)27-15-18-7-3-2-4-8-18/h2-14,17,26H,15-16H2,1H3,(H,27,30)(H,28,29). The third kappa shape index (κ3) is 6.09. The van der Waals surface area contributed by atoms with E-state index < -0.39 is 0 Å². The molecule has 1 atom stereocenters. The smallest absolute Gasteiger partial charge is 0.253 e. The topological polar surface area (TPSA) is 70.2 Å². The molecule has 0 aliphatic rings. The Morgan fingerprint density at radius 2 is 1.57 bits per heavy atom. The highest BCUT2D eigenvalue weighted by atomic mass is 35.5. The minimum atomic E-state index is -0.197. The average molecular weight is 422 g/mol. The van der Waals surface area contributed by atoms with Gasteiger partial charge in [0.1, 0.15) is 0 Å². The summed E-state index contributed by atoms with van der Waals surface area (Å²) in [4.78, 5) is 25.0. The third-order valence-corrected chi connectivity index (χ3v) is 4.91. The van der Waals surface area contributed by atoms with Crippen LogP contribution >= 0.6 is 11.6 Å². The Labute approximate surface area is 181 Å². The second-order valence-electron chi connectivity index (χ2n) is 6.91. The summed E-state index contributed by atoms with van der Waals surface area (Å²) in [5, 5.41) is 9.57. The van der Waals surface area contributed by atoms with E-state index in [-0.39, 0.29) is 24.4 Å². The van der Waals surface area contributed by atoms with Crippen LogP contribution in [0.1, 0.15) is 34.5 Å². The van der Waals surface area contributed by atoms with Crippen LogP contribution in [0.4, 0.5) is 5.69 Å². The van der Waals surface area contributed by atoms with Gasteiger partial charge in [-0.15, -0.1) is 0 Å². The van der Waals surface area contributed by atoms with Gasteiger partial charge in [0.2, 0.25) is 5.91 Å². The van der Waals surface area contributed by atoms with Gasteiger partial charge in [-0.3, -0.25) is 9.59 Å². The number of rotatable bonds is 8. The summed E-state index contributed by atoms with van der Waals surface area (Å²) < 4.78 is 0. The quantitative estimate of drug-likeness (QED) is 0.499. The molecule has 3 aromatic rings. The second-order valence-corrected chi connectivity index (χ2v) is 7.34. The molecule has 0 bridgehead atoms. The maximum atomic E-state index is 12.6. The molecule has 0 aliphatic carbocycles. The van der Waals surface area contributed by atoms with Crippen LogP contribution in [0.2, 0.25) is 5.02 Å². The van der Waals surface area contributed by atoms with Gasteiger partial charge in [0, 0.05) is 17.3 Å². The van der Waals surface area contributed by atoms with Gasteiger partial charge in [-0.05, 0) is 42.3 Å². The lowest BCUT2D eigenvalue weighted by Gasteiger charge is -2.16. The first-order valence-electron chi connectivity index (χ1n) is 9.73. The third-order valence-electron chi connectivity index (χ3n) is 4.65. The first-order chi connectivity index (χ1) is 14.5. The molecule has 0 saturated heterocycles. The fourth-order valence-corrected chi connectivity index (χ4v) is 3.14. The van der Waals surface area contributed by atoms with Crippen molar-refractivity contribution in [2.45, 2.75) is 19.5 Å². The molecular formula is C24H24ClN3O2. The molecule has 3 N–H and O–H groups in total. The van der Waals surface area contributed by atoms with Crippen LogP contribution in [0.15, 0.2) is 78.9 Å². The van der Waals surface area contributed by atoms with Gasteiger partial charge in [0.15, 0.2) is 0 Å². The number of para-hydroxylation sites is 1.